The van der Waals surface area contributed by atoms with Gasteiger partial charge >= 0.3 is 12.2 Å². The number of rotatable bonds is 8. The first-order valence-corrected chi connectivity index (χ1v) is 17.1. The van der Waals surface area contributed by atoms with E-state index in [9.17, 15) is 14.7 Å². The number of carbonyl (C=O) groups excluding carboxylic acids is 2. The average molecular weight is 635 g/mol. The van der Waals surface area contributed by atoms with Gasteiger partial charge in [-0.15, -0.1) is 0 Å². The van der Waals surface area contributed by atoms with Crippen molar-refractivity contribution in [3.63, 3.8) is 0 Å². The number of nitrogens with zero attached hydrogens (tertiary/aromatic N) is 1. The molecule has 3 heterocycles. The Hall–Kier alpha value is -3.40. The van der Waals surface area contributed by atoms with Crippen molar-refractivity contribution >= 4 is 12.2 Å². The fourth-order valence-electron chi connectivity index (χ4n) is 6.54. The summed E-state index contributed by atoms with van der Waals surface area (Å²) in [5, 5.41) is 14.6. The third-order valence-corrected chi connectivity index (χ3v) is 9.19. The fraction of sp³-hybridized carbons (Fsp3) is 0.568. The summed E-state index contributed by atoms with van der Waals surface area (Å²) in [6.07, 6.45) is 11.2. The van der Waals surface area contributed by atoms with Gasteiger partial charge in [-0.2, -0.15) is 0 Å². The zero-order valence-electron chi connectivity index (χ0n) is 26.8. The Kier molecular flexibility index (Phi) is 13.3. The molecule has 3 aliphatic rings. The van der Waals surface area contributed by atoms with Crippen LogP contribution in [0.5, 0.6) is 0 Å². The normalized spacial score (nSPS) is 26.8. The van der Waals surface area contributed by atoms with E-state index in [4.69, 9.17) is 18.9 Å². The van der Waals surface area contributed by atoms with Crippen LogP contribution in [0.15, 0.2) is 72.8 Å². The minimum Gasteiger partial charge on any atom is -0.443 e. The highest BCUT2D eigenvalue weighted by Crippen LogP contribution is 2.33. The van der Waals surface area contributed by atoms with E-state index in [0.29, 0.717) is 19.6 Å². The van der Waals surface area contributed by atoms with Crippen molar-refractivity contribution in [2.45, 2.75) is 101 Å². The maximum Gasteiger partial charge on any atom is 0.410 e. The lowest BCUT2D eigenvalue weighted by Crippen LogP contribution is -2.51. The Balaban J connectivity index is 1.29. The van der Waals surface area contributed by atoms with Crippen molar-refractivity contribution < 1.29 is 33.6 Å². The summed E-state index contributed by atoms with van der Waals surface area (Å²) in [6.45, 7) is 1.32. The number of aliphatic hydroxyl groups is 1. The molecule has 0 aliphatic carbocycles. The number of hydrogen-bond donors (Lipinski definition) is 2. The van der Waals surface area contributed by atoms with Crippen LogP contribution in [-0.4, -0.2) is 73.0 Å². The molecule has 0 radical (unpaired) electrons. The molecule has 6 atom stereocenters. The van der Waals surface area contributed by atoms with Crippen molar-refractivity contribution in [2.24, 2.45) is 5.92 Å². The highest BCUT2D eigenvalue weighted by atomic mass is 16.7. The second-order valence-electron chi connectivity index (χ2n) is 12.7. The van der Waals surface area contributed by atoms with E-state index < -0.39 is 30.4 Å². The third kappa shape index (κ3) is 10.3. The van der Waals surface area contributed by atoms with Crippen molar-refractivity contribution in [1.29, 1.82) is 0 Å². The SMILES string of the molecule is O=C(NC(Cc1ccccc1)C(O)CN1CCCC/C=C/CCCCCCC(c2ccccc2)OC1=O)O[C@H]1CO[C@H]2OCC[C@H]21. The molecule has 0 spiro atoms. The van der Waals surface area contributed by atoms with Crippen LogP contribution in [0.1, 0.15) is 81.4 Å². The summed E-state index contributed by atoms with van der Waals surface area (Å²) in [7, 11) is 0. The highest BCUT2D eigenvalue weighted by Gasteiger charge is 2.44. The molecule has 3 unspecified atom stereocenters. The first-order valence-electron chi connectivity index (χ1n) is 17.1. The Morgan fingerprint density at radius 2 is 1.63 bits per heavy atom. The first kappa shape index (κ1) is 33.9. The number of ether oxygens (including phenoxy) is 4. The van der Waals surface area contributed by atoms with Crippen molar-refractivity contribution in [3.05, 3.63) is 83.9 Å². The van der Waals surface area contributed by atoms with Crippen LogP contribution in [0, 0.1) is 5.92 Å². The number of alkyl carbamates (subject to hydrolysis) is 1. The number of aliphatic hydroxyl groups excluding tert-OH is 1. The van der Waals surface area contributed by atoms with Crippen molar-refractivity contribution in [3.8, 4) is 0 Å². The molecule has 0 bridgehead atoms. The molecule has 5 rings (SSSR count). The van der Waals surface area contributed by atoms with Gasteiger partial charge in [0.25, 0.3) is 0 Å². The number of β-amino-alcohol motifs (C(OH)–C–C–N with tert-alkyl or cyclic N) is 1. The van der Waals surface area contributed by atoms with Crippen LogP contribution in [0.25, 0.3) is 0 Å². The topological polar surface area (TPSA) is 107 Å². The molecule has 250 valence electrons. The van der Waals surface area contributed by atoms with E-state index in [1.807, 2.05) is 60.7 Å². The molecule has 0 saturated carbocycles. The highest BCUT2D eigenvalue weighted by molar-refractivity contribution is 5.69. The van der Waals surface area contributed by atoms with Crippen LogP contribution >= 0.6 is 0 Å². The lowest BCUT2D eigenvalue weighted by Gasteiger charge is -2.31. The standard InChI is InChI=1S/C37H50N2O7/c40-32(31(25-28-17-11-9-12-18-28)38-36(41)45-34-27-44-35-30(34)22-24-43-35)26-39-23-16-8-6-4-2-1-3-5-7-15-21-33(46-37(39)42)29-19-13-10-14-20-29/h2,4,9-14,17-20,30-35,40H,1,3,5-8,15-16,21-27H2,(H,38,41)/b4-2+/t30-,31?,32?,33?,34-,35+/m0/s1. The number of nitrogens with one attached hydrogen (secondary N) is 1. The van der Waals surface area contributed by atoms with E-state index >= 15 is 0 Å². The lowest BCUT2D eigenvalue weighted by molar-refractivity contribution is -0.0907. The van der Waals surface area contributed by atoms with Gasteiger partial charge < -0.3 is 34.3 Å². The summed E-state index contributed by atoms with van der Waals surface area (Å²) < 4.78 is 23.2. The average Bonchev–Trinajstić information content (AvgIpc) is 3.69. The number of allylic oxidation sites excluding steroid dienone is 2. The van der Waals surface area contributed by atoms with E-state index in [0.717, 1.165) is 68.9 Å². The fourth-order valence-corrected chi connectivity index (χ4v) is 6.54. The zero-order valence-corrected chi connectivity index (χ0v) is 26.8. The monoisotopic (exact) mass is 634 g/mol. The molecular formula is C37H50N2O7. The van der Waals surface area contributed by atoms with Crippen molar-refractivity contribution in [2.75, 3.05) is 26.3 Å². The predicted molar refractivity (Wildman–Crippen MR) is 175 cm³/mol. The minimum absolute atomic E-state index is 0.00919. The maximum atomic E-state index is 13.8. The summed E-state index contributed by atoms with van der Waals surface area (Å²) in [4.78, 5) is 28.6. The Bertz CT molecular complexity index is 1230. The number of fused-ring (bicyclic) bond motifs is 1. The molecule has 2 aromatic rings. The second kappa shape index (κ2) is 18.1. The summed E-state index contributed by atoms with van der Waals surface area (Å²) in [5.41, 5.74) is 1.92. The van der Waals surface area contributed by atoms with Gasteiger partial charge in [0.15, 0.2) is 6.29 Å². The van der Waals surface area contributed by atoms with E-state index in [2.05, 4.69) is 17.5 Å². The molecule has 2 amide bonds. The molecule has 2 aromatic carbocycles. The smallest absolute Gasteiger partial charge is 0.410 e. The molecule has 9 nitrogen and oxygen atoms in total. The van der Waals surface area contributed by atoms with Gasteiger partial charge in [-0.1, -0.05) is 85.7 Å². The zero-order chi connectivity index (χ0) is 32.0. The molecule has 0 aromatic heterocycles. The summed E-state index contributed by atoms with van der Waals surface area (Å²) in [6, 6.07) is 18.9. The molecule has 3 aliphatic heterocycles. The molecular weight excluding hydrogens is 584 g/mol. The lowest BCUT2D eigenvalue weighted by atomic mass is 10.0. The van der Waals surface area contributed by atoms with Crippen LogP contribution in [-0.2, 0) is 25.4 Å². The molecule has 9 heteroatoms. The summed E-state index contributed by atoms with van der Waals surface area (Å²) in [5.74, 6) is 0.00919. The number of hydrogen-bond acceptors (Lipinski definition) is 7. The molecule has 2 N–H and O–H groups in total. The molecule has 2 fully saturated rings. The van der Waals surface area contributed by atoms with E-state index in [1.54, 1.807) is 4.90 Å². The van der Waals surface area contributed by atoms with E-state index in [1.165, 1.54) is 6.42 Å². The first-order chi connectivity index (χ1) is 22.6. The van der Waals surface area contributed by atoms with Gasteiger partial charge in [-0.25, -0.2) is 9.59 Å². The van der Waals surface area contributed by atoms with Gasteiger partial charge in [0.2, 0.25) is 0 Å². The Morgan fingerprint density at radius 1 is 0.913 bits per heavy atom. The Labute approximate surface area is 273 Å². The van der Waals surface area contributed by atoms with Gasteiger partial charge in [0.1, 0.15) is 12.2 Å². The van der Waals surface area contributed by atoms with Gasteiger partial charge in [-0.3, -0.25) is 0 Å². The van der Waals surface area contributed by atoms with Crippen LogP contribution in [0.3, 0.4) is 0 Å². The predicted octanol–water partition coefficient (Wildman–Crippen LogP) is 6.71. The van der Waals surface area contributed by atoms with Crippen LogP contribution in [0.2, 0.25) is 0 Å². The van der Waals surface area contributed by atoms with Gasteiger partial charge in [0, 0.05) is 6.54 Å². The Morgan fingerprint density at radius 3 is 2.41 bits per heavy atom. The minimum atomic E-state index is -1.07. The number of benzene rings is 2. The van der Waals surface area contributed by atoms with E-state index in [-0.39, 0.29) is 31.5 Å². The number of carbonyl (C=O) groups is 2. The third-order valence-electron chi connectivity index (χ3n) is 9.19. The number of amides is 2. The van der Waals surface area contributed by atoms with Crippen LogP contribution < -0.4 is 5.32 Å². The maximum absolute atomic E-state index is 13.8. The van der Waals surface area contributed by atoms with Gasteiger partial charge in [-0.05, 0) is 68.9 Å². The summed E-state index contributed by atoms with van der Waals surface area (Å²) >= 11 is 0. The largest absolute Gasteiger partial charge is 0.443 e. The molecule has 2 saturated heterocycles. The number of cyclic esters (lactones) is 1. The molecule has 46 heavy (non-hydrogen) atoms. The van der Waals surface area contributed by atoms with Crippen LogP contribution in [0.4, 0.5) is 9.59 Å². The van der Waals surface area contributed by atoms with Crippen molar-refractivity contribution in [1.82, 2.24) is 10.2 Å². The quantitative estimate of drug-likeness (QED) is 0.311. The second-order valence-corrected chi connectivity index (χ2v) is 12.7. The van der Waals surface area contributed by atoms with Gasteiger partial charge in [0.05, 0.1) is 37.8 Å².